The highest BCUT2D eigenvalue weighted by atomic mass is 32.2. The molecule has 2 atom stereocenters. The fourth-order valence-corrected chi connectivity index (χ4v) is 3.33. The van der Waals surface area contributed by atoms with Gasteiger partial charge in [0.05, 0.1) is 4.90 Å². The van der Waals surface area contributed by atoms with Gasteiger partial charge in [-0.05, 0) is 51.0 Å². The van der Waals surface area contributed by atoms with Gasteiger partial charge in [-0.2, -0.15) is 8.78 Å². The zero-order valence-electron chi connectivity index (χ0n) is 12.1. The van der Waals surface area contributed by atoms with Crippen LogP contribution in [0.1, 0.15) is 33.1 Å². The average molecular weight is 318 g/mol. The fourth-order valence-electron chi connectivity index (χ4n) is 2.61. The number of sulfone groups is 1. The van der Waals surface area contributed by atoms with Gasteiger partial charge < -0.3 is 5.43 Å². The number of rotatable bonds is 4. The number of nitrogens with one attached hydrogen (secondary N) is 1. The lowest BCUT2D eigenvalue weighted by atomic mass is 10.00. The third-order valence-electron chi connectivity index (χ3n) is 3.87. The zero-order valence-corrected chi connectivity index (χ0v) is 12.9. The van der Waals surface area contributed by atoms with Crippen molar-refractivity contribution in [3.05, 3.63) is 24.3 Å². The lowest BCUT2D eigenvalue weighted by molar-refractivity contribution is 0.136. The van der Waals surface area contributed by atoms with Gasteiger partial charge in [-0.25, -0.2) is 13.4 Å². The Morgan fingerprint density at radius 1 is 1.14 bits per heavy atom. The Morgan fingerprint density at radius 3 is 2.14 bits per heavy atom. The van der Waals surface area contributed by atoms with E-state index in [4.69, 9.17) is 0 Å². The van der Waals surface area contributed by atoms with Crippen molar-refractivity contribution >= 4 is 15.5 Å². The summed E-state index contributed by atoms with van der Waals surface area (Å²) in [5.41, 5.74) is 3.94. The van der Waals surface area contributed by atoms with E-state index in [0.717, 1.165) is 12.8 Å². The molecule has 118 valence electrons. The summed E-state index contributed by atoms with van der Waals surface area (Å²) in [7, 11) is -4.52. The van der Waals surface area contributed by atoms with Gasteiger partial charge in [0.25, 0.3) is 0 Å². The maximum absolute atomic E-state index is 12.5. The van der Waals surface area contributed by atoms with Crippen molar-refractivity contribution in [3.8, 4) is 0 Å². The second-order valence-electron chi connectivity index (χ2n) is 5.48. The van der Waals surface area contributed by atoms with E-state index in [-0.39, 0.29) is 4.90 Å². The molecule has 0 bridgehead atoms. The van der Waals surface area contributed by atoms with Gasteiger partial charge >= 0.3 is 5.76 Å². The van der Waals surface area contributed by atoms with Crippen LogP contribution in [-0.2, 0) is 9.84 Å². The van der Waals surface area contributed by atoms with E-state index >= 15 is 0 Å². The number of alkyl halides is 2. The largest absolute Gasteiger partial charge is 0.341 e. The smallest absolute Gasteiger partial charge is 0.318 e. The van der Waals surface area contributed by atoms with E-state index in [1.807, 2.05) is 0 Å². The Labute approximate surface area is 124 Å². The lowest BCUT2D eigenvalue weighted by Gasteiger charge is -2.39. The van der Waals surface area contributed by atoms with Crippen molar-refractivity contribution < 1.29 is 17.2 Å². The predicted octanol–water partition coefficient (Wildman–Crippen LogP) is 3.27. The maximum Gasteiger partial charge on any atom is 0.341 e. The van der Waals surface area contributed by atoms with Crippen molar-refractivity contribution in [1.29, 1.82) is 0 Å². The van der Waals surface area contributed by atoms with E-state index in [1.54, 1.807) is 0 Å². The first-order chi connectivity index (χ1) is 9.82. The summed E-state index contributed by atoms with van der Waals surface area (Å²) >= 11 is 0. The second kappa shape index (κ2) is 6.27. The van der Waals surface area contributed by atoms with E-state index in [9.17, 15) is 17.2 Å². The summed E-state index contributed by atoms with van der Waals surface area (Å²) in [6.07, 6.45) is 3.37. The highest BCUT2D eigenvalue weighted by Crippen LogP contribution is 2.25. The molecule has 2 rings (SSSR count). The molecule has 0 spiro atoms. The summed E-state index contributed by atoms with van der Waals surface area (Å²) in [6.45, 7) is 4.25. The van der Waals surface area contributed by atoms with Crippen LogP contribution in [0.3, 0.4) is 0 Å². The Balaban J connectivity index is 2.13. The second-order valence-corrected chi connectivity index (χ2v) is 7.40. The third kappa shape index (κ3) is 3.52. The number of nitrogens with zero attached hydrogens (tertiary/aromatic N) is 1. The Morgan fingerprint density at radius 2 is 1.67 bits per heavy atom. The first-order valence-electron chi connectivity index (χ1n) is 6.99. The van der Waals surface area contributed by atoms with Crippen LogP contribution in [-0.4, -0.2) is 31.3 Å². The molecule has 1 aromatic carbocycles. The highest BCUT2D eigenvalue weighted by Gasteiger charge is 2.27. The molecular weight excluding hydrogens is 298 g/mol. The molecule has 2 unspecified atom stereocenters. The molecule has 1 saturated heterocycles. The van der Waals surface area contributed by atoms with Crippen LogP contribution in [0.2, 0.25) is 0 Å². The molecule has 4 nitrogen and oxygen atoms in total. The quantitative estimate of drug-likeness (QED) is 0.925. The topological polar surface area (TPSA) is 49.4 Å². The number of piperidine rings is 1. The van der Waals surface area contributed by atoms with Gasteiger partial charge in [0, 0.05) is 17.8 Å². The third-order valence-corrected chi connectivity index (χ3v) is 5.27. The van der Waals surface area contributed by atoms with Crippen LogP contribution in [0.25, 0.3) is 0 Å². The number of hydrogen-bond donors (Lipinski definition) is 1. The normalized spacial score (nSPS) is 24.2. The molecule has 0 amide bonds. The Bertz CT molecular complexity index is 565. The van der Waals surface area contributed by atoms with Crippen LogP contribution < -0.4 is 5.43 Å². The molecule has 1 heterocycles. The number of halogens is 2. The molecule has 21 heavy (non-hydrogen) atoms. The van der Waals surface area contributed by atoms with Crippen LogP contribution in [0.5, 0.6) is 0 Å². The zero-order chi connectivity index (χ0) is 15.6. The molecule has 1 fully saturated rings. The van der Waals surface area contributed by atoms with Crippen molar-refractivity contribution in [3.63, 3.8) is 0 Å². The van der Waals surface area contributed by atoms with E-state index in [0.29, 0.717) is 17.8 Å². The van der Waals surface area contributed by atoms with Gasteiger partial charge in [-0.1, -0.05) is 6.42 Å². The van der Waals surface area contributed by atoms with Gasteiger partial charge in [0.2, 0.25) is 9.84 Å². The van der Waals surface area contributed by atoms with E-state index < -0.39 is 15.6 Å². The van der Waals surface area contributed by atoms with Crippen LogP contribution in [0.15, 0.2) is 29.2 Å². The number of anilines is 1. The number of hydrazine groups is 1. The minimum atomic E-state index is -4.52. The summed E-state index contributed by atoms with van der Waals surface area (Å²) < 4.78 is 47.6. The number of benzene rings is 1. The minimum absolute atomic E-state index is 0.359. The van der Waals surface area contributed by atoms with Crippen LogP contribution in [0, 0.1) is 0 Å². The highest BCUT2D eigenvalue weighted by molar-refractivity contribution is 7.91. The fraction of sp³-hybridized carbons (Fsp3) is 0.571. The first-order valence-corrected chi connectivity index (χ1v) is 8.54. The maximum atomic E-state index is 12.5. The monoisotopic (exact) mass is 318 g/mol. The predicted molar refractivity (Wildman–Crippen MR) is 77.9 cm³/mol. The standard InChI is InChI=1S/C14H20F2N2O2S/c1-10-4-3-5-11(2)18(10)17-12-6-8-13(9-7-12)21(19,20)14(15)16/h6-11,14,17H,3-5H2,1-2H3. The van der Waals surface area contributed by atoms with E-state index in [1.165, 1.54) is 30.7 Å². The Hall–Kier alpha value is -1.21. The van der Waals surface area contributed by atoms with Gasteiger partial charge in [0.1, 0.15) is 0 Å². The summed E-state index contributed by atoms with van der Waals surface area (Å²) in [5.74, 6) is -3.39. The molecule has 1 aliphatic rings. The van der Waals surface area contributed by atoms with Crippen molar-refractivity contribution in [1.82, 2.24) is 5.01 Å². The van der Waals surface area contributed by atoms with Gasteiger partial charge in [-0.3, -0.25) is 0 Å². The lowest BCUT2D eigenvalue weighted by Crippen LogP contribution is -2.47. The molecular formula is C14H20F2N2O2S. The van der Waals surface area contributed by atoms with Crippen molar-refractivity contribution in [2.75, 3.05) is 5.43 Å². The number of hydrogen-bond acceptors (Lipinski definition) is 4. The van der Waals surface area contributed by atoms with Gasteiger partial charge in [0.15, 0.2) is 0 Å². The summed E-state index contributed by atoms with van der Waals surface area (Å²) in [5, 5.41) is 2.13. The molecule has 0 aliphatic carbocycles. The molecule has 1 aliphatic heterocycles. The van der Waals surface area contributed by atoms with Crippen molar-refractivity contribution in [2.24, 2.45) is 0 Å². The average Bonchev–Trinajstić information content (AvgIpc) is 2.43. The molecule has 1 N–H and O–H groups in total. The first kappa shape index (κ1) is 16.2. The summed E-state index contributed by atoms with van der Waals surface area (Å²) in [4.78, 5) is -0.359. The Kier molecular flexibility index (Phi) is 4.83. The molecule has 7 heteroatoms. The minimum Gasteiger partial charge on any atom is -0.318 e. The van der Waals surface area contributed by atoms with E-state index in [2.05, 4.69) is 24.3 Å². The van der Waals surface area contributed by atoms with Crippen LogP contribution >= 0.6 is 0 Å². The van der Waals surface area contributed by atoms with Crippen LogP contribution in [0.4, 0.5) is 14.5 Å². The van der Waals surface area contributed by atoms with Crippen molar-refractivity contribution in [2.45, 2.75) is 55.8 Å². The van der Waals surface area contributed by atoms with Gasteiger partial charge in [-0.15, -0.1) is 0 Å². The molecule has 0 aromatic heterocycles. The molecule has 1 aromatic rings. The molecule has 0 radical (unpaired) electrons. The summed E-state index contributed by atoms with van der Waals surface area (Å²) in [6, 6.07) is 6.20. The SMILES string of the molecule is CC1CCCC(C)N1Nc1ccc(S(=O)(=O)C(F)F)cc1. The molecule has 0 saturated carbocycles.